The van der Waals surface area contributed by atoms with Gasteiger partial charge in [0.25, 0.3) is 15.6 Å². The molecule has 0 saturated carbocycles. The van der Waals surface area contributed by atoms with Crippen LogP contribution in [0.2, 0.25) is 0 Å². The van der Waals surface area contributed by atoms with Crippen LogP contribution < -0.4 is 15.7 Å². The fraction of sp³-hybridized carbons (Fsp3) is 0. The first kappa shape index (κ1) is 23.2. The molecule has 0 unspecified atom stereocenters. The number of H-pyrrole nitrogens is 1. The molecule has 3 aromatic heterocycles. The third-order valence-corrected chi connectivity index (χ3v) is 6.64. The molecule has 0 bridgehead atoms. The Labute approximate surface area is 202 Å². The molecule has 3 N–H and O–H groups in total. The van der Waals surface area contributed by atoms with Crippen LogP contribution in [0.4, 0.5) is 11.6 Å². The summed E-state index contributed by atoms with van der Waals surface area (Å²) < 4.78 is 28.3. The maximum atomic E-state index is 12.7. The molecule has 0 atom stereocenters. The van der Waals surface area contributed by atoms with Gasteiger partial charge in [0.05, 0.1) is 10.6 Å². The Bertz CT molecular complexity index is 1540. The first-order chi connectivity index (χ1) is 16.4. The van der Waals surface area contributed by atoms with Gasteiger partial charge < -0.3 is 0 Å². The molecule has 0 spiro atoms. The summed E-state index contributed by atoms with van der Waals surface area (Å²) >= 11 is 6.65. The van der Waals surface area contributed by atoms with E-state index in [4.69, 9.17) is 12.2 Å². The van der Waals surface area contributed by atoms with Gasteiger partial charge in [0, 0.05) is 17.3 Å². The van der Waals surface area contributed by atoms with Crippen molar-refractivity contribution >= 4 is 63.7 Å². The number of sulfonamides is 1. The third-order valence-electron chi connectivity index (χ3n) is 4.18. The predicted octanol–water partition coefficient (Wildman–Crippen LogP) is 3.03. The van der Waals surface area contributed by atoms with E-state index in [0.717, 1.165) is 9.55 Å². The van der Waals surface area contributed by atoms with E-state index < -0.39 is 15.6 Å². The number of benzene rings is 1. The van der Waals surface area contributed by atoms with Crippen LogP contribution in [-0.4, -0.2) is 39.6 Å². The first-order valence-electron chi connectivity index (χ1n) is 9.55. The first-order valence-corrected chi connectivity index (χ1v) is 12.3. The normalized spacial score (nSPS) is 11.8. The second-order valence-corrected chi connectivity index (χ2v) is 9.51. The number of hydrogen-bond donors (Lipinski definition) is 3. The van der Waals surface area contributed by atoms with Crippen LogP contribution in [0.25, 0.3) is 12.2 Å². The molecule has 0 aliphatic heterocycles. The van der Waals surface area contributed by atoms with Crippen molar-refractivity contribution < 1.29 is 8.42 Å². The number of thiophene rings is 1. The molecular weight excluding hydrogens is 496 g/mol. The van der Waals surface area contributed by atoms with Crippen molar-refractivity contribution in [1.82, 2.24) is 24.8 Å². The summed E-state index contributed by atoms with van der Waals surface area (Å²) in [5, 5.41) is 8.50. The molecule has 0 amide bonds. The van der Waals surface area contributed by atoms with E-state index in [9.17, 15) is 13.2 Å². The smallest absolute Gasteiger partial charge is 0.278 e. The quantitative estimate of drug-likeness (QED) is 0.185. The lowest BCUT2D eigenvalue weighted by molar-refractivity contribution is 0.601. The lowest BCUT2D eigenvalue weighted by Crippen LogP contribution is -2.32. The van der Waals surface area contributed by atoms with E-state index in [2.05, 4.69) is 35.3 Å². The minimum absolute atomic E-state index is 0.0156. The Morgan fingerprint density at radius 1 is 1.09 bits per heavy atom. The number of aromatic amines is 1. The lowest BCUT2D eigenvalue weighted by atomic mass is 10.3. The Balaban J connectivity index is 1.46. The van der Waals surface area contributed by atoms with E-state index in [1.165, 1.54) is 54.3 Å². The fourth-order valence-electron chi connectivity index (χ4n) is 2.59. The summed E-state index contributed by atoms with van der Waals surface area (Å²) in [6, 6.07) is 11.2. The molecule has 172 valence electrons. The van der Waals surface area contributed by atoms with Gasteiger partial charge in [0.2, 0.25) is 10.7 Å². The van der Waals surface area contributed by atoms with Gasteiger partial charge >= 0.3 is 0 Å². The highest BCUT2D eigenvalue weighted by Gasteiger charge is 2.15. The number of rotatable bonds is 8. The van der Waals surface area contributed by atoms with E-state index >= 15 is 0 Å². The van der Waals surface area contributed by atoms with E-state index in [1.54, 1.807) is 18.2 Å². The molecule has 4 rings (SSSR count). The van der Waals surface area contributed by atoms with Crippen molar-refractivity contribution in [2.75, 3.05) is 10.1 Å². The van der Waals surface area contributed by atoms with Gasteiger partial charge in [-0.25, -0.2) is 28.1 Å². The van der Waals surface area contributed by atoms with Gasteiger partial charge in [0.15, 0.2) is 5.69 Å². The van der Waals surface area contributed by atoms with E-state index in [0.29, 0.717) is 5.69 Å². The molecule has 0 aliphatic rings. The van der Waals surface area contributed by atoms with Gasteiger partial charge in [-0.2, -0.15) is 9.77 Å². The van der Waals surface area contributed by atoms with Crippen LogP contribution in [0.3, 0.4) is 0 Å². The molecule has 4 aromatic rings. The molecule has 34 heavy (non-hydrogen) atoms. The summed E-state index contributed by atoms with van der Waals surface area (Å²) in [6.07, 6.45) is 7.48. The highest BCUT2D eigenvalue weighted by molar-refractivity contribution is 7.92. The van der Waals surface area contributed by atoms with Crippen LogP contribution in [0.15, 0.2) is 74.9 Å². The number of nitrogens with one attached hydrogen (secondary N) is 3. The van der Waals surface area contributed by atoms with Crippen LogP contribution in [0.1, 0.15) is 10.6 Å². The zero-order valence-corrected chi connectivity index (χ0v) is 19.6. The topological polar surface area (TPSA) is 147 Å². The molecule has 1 aromatic carbocycles. The molecule has 14 heteroatoms. The second-order valence-electron chi connectivity index (χ2n) is 6.46. The van der Waals surface area contributed by atoms with Crippen molar-refractivity contribution in [2.24, 2.45) is 4.99 Å². The van der Waals surface area contributed by atoms with E-state index in [-0.39, 0.29) is 21.3 Å². The monoisotopic (exact) mass is 512 g/mol. The second kappa shape index (κ2) is 10.3. The molecule has 11 nitrogen and oxygen atoms in total. The van der Waals surface area contributed by atoms with Crippen molar-refractivity contribution in [1.29, 1.82) is 0 Å². The summed E-state index contributed by atoms with van der Waals surface area (Å²) in [4.78, 5) is 25.5. The largest absolute Gasteiger partial charge is 0.299 e. The maximum Gasteiger partial charge on any atom is 0.299 e. The van der Waals surface area contributed by atoms with Gasteiger partial charge in [-0.05, 0) is 66.1 Å². The van der Waals surface area contributed by atoms with Gasteiger partial charge in [-0.15, -0.1) is 11.3 Å². The molecule has 0 fully saturated rings. The molecule has 0 radical (unpaired) electrons. The number of aromatic nitrogens is 5. The average Bonchev–Trinajstić information content (AvgIpc) is 3.35. The summed E-state index contributed by atoms with van der Waals surface area (Å²) in [5.41, 5.74) is 2.84. The van der Waals surface area contributed by atoms with Crippen LogP contribution in [-0.2, 0) is 10.0 Å². The number of anilines is 1. The van der Waals surface area contributed by atoms with Gasteiger partial charge in [-0.1, -0.05) is 6.07 Å². The Hall–Kier alpha value is -4.01. The third kappa shape index (κ3) is 5.67. The van der Waals surface area contributed by atoms with Crippen LogP contribution in [0, 0.1) is 4.77 Å². The lowest BCUT2D eigenvalue weighted by Gasteiger charge is -2.06. The summed E-state index contributed by atoms with van der Waals surface area (Å²) in [6.45, 7) is 0. The van der Waals surface area contributed by atoms with Crippen LogP contribution in [0.5, 0.6) is 0 Å². The number of hydrogen-bond acceptors (Lipinski definition) is 9. The highest BCUT2D eigenvalue weighted by Crippen LogP contribution is 2.18. The van der Waals surface area contributed by atoms with Crippen molar-refractivity contribution in [2.45, 2.75) is 4.90 Å². The van der Waals surface area contributed by atoms with Crippen LogP contribution >= 0.6 is 23.6 Å². The summed E-state index contributed by atoms with van der Waals surface area (Å²) in [7, 11) is -3.85. The van der Waals surface area contributed by atoms with Gasteiger partial charge in [-0.3, -0.25) is 15.3 Å². The maximum absolute atomic E-state index is 12.7. The SMILES string of the molecule is O=c1c(/C=C/c2cccs2)n[nH]c(=S)n1NC=Nc1ccc(S(=O)(=O)Nc2ncccn2)cc1. The minimum Gasteiger partial charge on any atom is -0.278 e. The van der Waals surface area contributed by atoms with Crippen molar-refractivity contribution in [3.8, 4) is 0 Å². The molecular formula is C20H16N8O3S3. The number of nitrogens with zero attached hydrogens (tertiary/aromatic N) is 5. The Morgan fingerprint density at radius 2 is 1.85 bits per heavy atom. The Kier molecular flexibility index (Phi) is 7.01. The zero-order chi connectivity index (χ0) is 24.0. The zero-order valence-electron chi connectivity index (χ0n) is 17.2. The van der Waals surface area contributed by atoms with E-state index in [1.807, 2.05) is 17.5 Å². The standard InChI is InChI=1S/C20H16N8O3S3/c29-18-17(9-6-15-3-1-12-33-15)25-26-20(32)28(18)24-13-23-14-4-7-16(8-5-14)34(30,31)27-19-21-10-2-11-22-19/h1-13H,(H,23,24)(H,26,32)(H,21,22,27)/b9-6+. The molecule has 3 heterocycles. The molecule has 0 saturated heterocycles. The highest BCUT2D eigenvalue weighted by atomic mass is 32.2. The van der Waals surface area contributed by atoms with Gasteiger partial charge in [0.1, 0.15) is 6.34 Å². The fourth-order valence-corrected chi connectivity index (χ4v) is 4.35. The van der Waals surface area contributed by atoms with Crippen molar-refractivity contribution in [3.05, 3.63) is 85.9 Å². The Morgan fingerprint density at radius 3 is 2.56 bits per heavy atom. The number of aliphatic imine (C=N–C) groups is 1. The average molecular weight is 513 g/mol. The summed E-state index contributed by atoms with van der Waals surface area (Å²) in [5.74, 6) is -0.0299. The van der Waals surface area contributed by atoms with Crippen molar-refractivity contribution in [3.63, 3.8) is 0 Å². The molecule has 0 aliphatic carbocycles. The minimum atomic E-state index is -3.85. The predicted molar refractivity (Wildman–Crippen MR) is 134 cm³/mol.